The molecular weight excluding hydrogens is 222 g/mol. The van der Waals surface area contributed by atoms with Gasteiger partial charge in [-0.3, -0.25) is 0 Å². The van der Waals surface area contributed by atoms with Gasteiger partial charge in [0.1, 0.15) is 0 Å². The van der Waals surface area contributed by atoms with Crippen LogP contribution in [0.4, 0.5) is 8.78 Å². The normalized spacial score (nSPS) is 14.2. The Balaban J connectivity index is 3.22. The van der Waals surface area contributed by atoms with Crippen LogP contribution in [-0.2, 0) is 0 Å². The molecule has 4 heteroatoms. The van der Waals surface area contributed by atoms with E-state index >= 15 is 0 Å². The highest BCUT2D eigenvalue weighted by Crippen LogP contribution is 2.30. The smallest absolute Gasteiger partial charge is 0.163 e. The van der Waals surface area contributed by atoms with Gasteiger partial charge in [0.2, 0.25) is 0 Å². The molecule has 0 saturated carbocycles. The third-order valence-corrected chi connectivity index (χ3v) is 3.55. The zero-order chi connectivity index (χ0) is 13.4. The molecule has 17 heavy (non-hydrogen) atoms. The van der Waals surface area contributed by atoms with Crippen LogP contribution < -0.4 is 5.73 Å². The fourth-order valence-corrected chi connectivity index (χ4v) is 1.56. The van der Waals surface area contributed by atoms with Crippen molar-refractivity contribution in [1.82, 2.24) is 4.90 Å². The Kier molecular flexibility index (Phi) is 3.89. The van der Waals surface area contributed by atoms with Crippen molar-refractivity contribution in [3.05, 3.63) is 34.9 Å². The van der Waals surface area contributed by atoms with Crippen LogP contribution in [0.1, 0.15) is 31.0 Å². The first-order valence-electron chi connectivity index (χ1n) is 5.57. The maximum atomic E-state index is 13.8. The van der Waals surface area contributed by atoms with Crippen LogP contribution in [0.2, 0.25) is 0 Å². The Morgan fingerprint density at radius 3 is 2.18 bits per heavy atom. The number of nitrogens with zero attached hydrogens (tertiary/aromatic N) is 1. The zero-order valence-corrected chi connectivity index (χ0v) is 11.0. The van der Waals surface area contributed by atoms with Gasteiger partial charge in [0.25, 0.3) is 0 Å². The monoisotopic (exact) mass is 242 g/mol. The minimum Gasteiger partial charge on any atom is -0.322 e. The summed E-state index contributed by atoms with van der Waals surface area (Å²) in [5.41, 5.74) is 6.10. The number of hydrogen-bond donors (Lipinski definition) is 1. The molecule has 0 radical (unpaired) electrons. The predicted octanol–water partition coefficient (Wildman–Crippen LogP) is 2.61. The van der Waals surface area contributed by atoms with E-state index in [1.807, 2.05) is 32.8 Å². The maximum Gasteiger partial charge on any atom is 0.163 e. The molecule has 0 amide bonds. The van der Waals surface area contributed by atoms with Crippen molar-refractivity contribution in [2.24, 2.45) is 5.73 Å². The Bertz CT molecular complexity index is 414. The van der Waals surface area contributed by atoms with Crippen LogP contribution in [0.5, 0.6) is 0 Å². The second kappa shape index (κ2) is 4.70. The molecule has 0 spiro atoms. The minimum absolute atomic E-state index is 0.215. The lowest BCUT2D eigenvalue weighted by molar-refractivity contribution is 0.156. The van der Waals surface area contributed by atoms with E-state index in [0.29, 0.717) is 5.56 Å². The number of aryl methyl sites for hydroxylation is 1. The molecule has 2 N–H and O–H groups in total. The minimum atomic E-state index is -0.840. The molecule has 1 aromatic carbocycles. The number of hydrogen-bond acceptors (Lipinski definition) is 2. The summed E-state index contributed by atoms with van der Waals surface area (Å²) in [7, 11) is 3.73. The molecule has 1 aromatic rings. The molecule has 0 aromatic heterocycles. The molecule has 0 aliphatic rings. The van der Waals surface area contributed by atoms with Gasteiger partial charge in [-0.2, -0.15) is 0 Å². The Labute approximate surface area is 101 Å². The van der Waals surface area contributed by atoms with Gasteiger partial charge in [0, 0.05) is 11.1 Å². The molecule has 1 rings (SSSR count). The van der Waals surface area contributed by atoms with Gasteiger partial charge in [-0.05, 0) is 40.4 Å². The summed E-state index contributed by atoms with van der Waals surface area (Å²) in [6.07, 6.45) is 0. The Hall–Kier alpha value is -1.00. The first-order valence-corrected chi connectivity index (χ1v) is 5.57. The summed E-state index contributed by atoms with van der Waals surface area (Å²) < 4.78 is 27.3. The number of halogens is 2. The van der Waals surface area contributed by atoms with Crippen LogP contribution in [0.25, 0.3) is 0 Å². The van der Waals surface area contributed by atoms with Crippen LogP contribution in [0.15, 0.2) is 12.1 Å². The highest BCUT2D eigenvalue weighted by Gasteiger charge is 2.32. The van der Waals surface area contributed by atoms with Gasteiger partial charge >= 0.3 is 0 Å². The average molecular weight is 242 g/mol. The van der Waals surface area contributed by atoms with Crippen molar-refractivity contribution in [3.8, 4) is 0 Å². The van der Waals surface area contributed by atoms with E-state index in [9.17, 15) is 8.78 Å². The fraction of sp³-hybridized carbons (Fsp3) is 0.538. The van der Waals surface area contributed by atoms with Gasteiger partial charge < -0.3 is 10.6 Å². The third-order valence-electron chi connectivity index (χ3n) is 3.55. The van der Waals surface area contributed by atoms with Gasteiger partial charge in [-0.1, -0.05) is 12.1 Å². The van der Waals surface area contributed by atoms with Crippen LogP contribution >= 0.6 is 0 Å². The van der Waals surface area contributed by atoms with Gasteiger partial charge in [-0.25, -0.2) is 8.78 Å². The zero-order valence-electron chi connectivity index (χ0n) is 11.0. The molecule has 0 aliphatic heterocycles. The maximum absolute atomic E-state index is 13.8. The van der Waals surface area contributed by atoms with Crippen LogP contribution in [-0.4, -0.2) is 24.5 Å². The van der Waals surface area contributed by atoms with E-state index in [1.54, 1.807) is 12.1 Å². The summed E-state index contributed by atoms with van der Waals surface area (Å²) in [5, 5.41) is 0. The van der Waals surface area contributed by atoms with E-state index in [-0.39, 0.29) is 5.56 Å². The molecule has 1 unspecified atom stereocenters. The van der Waals surface area contributed by atoms with E-state index in [2.05, 4.69) is 0 Å². The fourth-order valence-electron chi connectivity index (χ4n) is 1.56. The highest BCUT2D eigenvalue weighted by molar-refractivity contribution is 5.29. The number of rotatable bonds is 3. The average Bonchev–Trinajstić information content (AvgIpc) is 2.25. The summed E-state index contributed by atoms with van der Waals surface area (Å²) in [6.45, 7) is 5.33. The number of nitrogens with two attached hydrogens (primary N) is 1. The van der Waals surface area contributed by atoms with E-state index in [0.717, 1.165) is 0 Å². The molecular formula is C13H20F2N2. The summed E-state index contributed by atoms with van der Waals surface area (Å²) in [5.74, 6) is -1.65. The Morgan fingerprint density at radius 2 is 1.71 bits per heavy atom. The van der Waals surface area contributed by atoms with Crippen molar-refractivity contribution >= 4 is 0 Å². The molecule has 0 fully saturated rings. The first kappa shape index (κ1) is 14.1. The van der Waals surface area contributed by atoms with Crippen molar-refractivity contribution in [3.63, 3.8) is 0 Å². The summed E-state index contributed by atoms with van der Waals surface area (Å²) >= 11 is 0. The predicted molar refractivity (Wildman–Crippen MR) is 65.8 cm³/mol. The molecule has 0 saturated heterocycles. The van der Waals surface area contributed by atoms with Crippen LogP contribution in [0, 0.1) is 18.6 Å². The second-order valence-corrected chi connectivity index (χ2v) is 5.13. The molecule has 0 heterocycles. The molecule has 1 atom stereocenters. The second-order valence-electron chi connectivity index (χ2n) is 5.13. The molecule has 0 aliphatic carbocycles. The number of benzene rings is 1. The molecule has 96 valence electrons. The van der Waals surface area contributed by atoms with Crippen molar-refractivity contribution in [1.29, 1.82) is 0 Å². The standard InChI is InChI=1S/C13H20F2N2/c1-8-6-7-9(11(15)10(8)14)12(16)13(2,3)17(4)5/h6-7,12H,16H2,1-5H3. The highest BCUT2D eigenvalue weighted by atomic mass is 19.2. The molecule has 2 nitrogen and oxygen atoms in total. The first-order chi connectivity index (χ1) is 7.69. The van der Waals surface area contributed by atoms with E-state index < -0.39 is 23.2 Å². The quantitative estimate of drug-likeness (QED) is 0.882. The number of likely N-dealkylation sites (N-methyl/N-ethyl adjacent to an activating group) is 1. The van der Waals surface area contributed by atoms with Crippen molar-refractivity contribution < 1.29 is 8.78 Å². The van der Waals surface area contributed by atoms with Gasteiger partial charge in [0.15, 0.2) is 11.6 Å². The van der Waals surface area contributed by atoms with Gasteiger partial charge in [-0.15, -0.1) is 0 Å². The van der Waals surface area contributed by atoms with Gasteiger partial charge in [0.05, 0.1) is 6.04 Å². The lowest BCUT2D eigenvalue weighted by Gasteiger charge is -2.38. The largest absolute Gasteiger partial charge is 0.322 e. The third kappa shape index (κ3) is 2.48. The summed E-state index contributed by atoms with van der Waals surface area (Å²) in [4.78, 5) is 1.90. The van der Waals surface area contributed by atoms with Crippen molar-refractivity contribution in [2.45, 2.75) is 32.4 Å². The SMILES string of the molecule is Cc1ccc(C(N)C(C)(C)N(C)C)c(F)c1F. The Morgan fingerprint density at radius 1 is 1.18 bits per heavy atom. The summed E-state index contributed by atoms with van der Waals surface area (Å²) in [6, 6.07) is 2.52. The lowest BCUT2D eigenvalue weighted by atomic mass is 9.87. The van der Waals surface area contributed by atoms with Crippen molar-refractivity contribution in [2.75, 3.05) is 14.1 Å². The van der Waals surface area contributed by atoms with E-state index in [1.165, 1.54) is 6.92 Å². The van der Waals surface area contributed by atoms with E-state index in [4.69, 9.17) is 5.73 Å². The van der Waals surface area contributed by atoms with Crippen LogP contribution in [0.3, 0.4) is 0 Å². The topological polar surface area (TPSA) is 29.3 Å². The molecule has 0 bridgehead atoms. The lowest BCUT2D eigenvalue weighted by Crippen LogP contribution is -2.47.